The third kappa shape index (κ3) is 7.94. The first-order valence-corrected chi connectivity index (χ1v) is 13.2. The summed E-state index contributed by atoms with van der Waals surface area (Å²) in [7, 11) is 0. The molecule has 9 heteroatoms. The average Bonchev–Trinajstić information content (AvgIpc) is 2.90. The van der Waals surface area contributed by atoms with Crippen molar-refractivity contribution in [3.05, 3.63) is 99.5 Å². The van der Waals surface area contributed by atoms with Gasteiger partial charge in [0.15, 0.2) is 11.5 Å². The fourth-order valence-electron chi connectivity index (χ4n) is 3.45. The van der Waals surface area contributed by atoms with Gasteiger partial charge in [-0.3, -0.25) is 9.59 Å². The molecule has 7 nitrogen and oxygen atoms in total. The van der Waals surface area contributed by atoms with E-state index >= 15 is 0 Å². The Morgan fingerprint density at radius 1 is 1.08 bits per heavy atom. The summed E-state index contributed by atoms with van der Waals surface area (Å²) in [6, 6.07) is 18.3. The number of benzene rings is 3. The van der Waals surface area contributed by atoms with Crippen molar-refractivity contribution in [2.24, 2.45) is 11.0 Å². The number of hydrogen-bond acceptors (Lipinski definition) is 5. The first kappa shape index (κ1) is 28.9. The van der Waals surface area contributed by atoms with Gasteiger partial charge in [0.1, 0.15) is 12.5 Å². The summed E-state index contributed by atoms with van der Waals surface area (Å²) in [6.07, 6.45) is 3.78. The second-order valence-electron chi connectivity index (χ2n) is 8.24. The minimum Gasteiger partial charge on any atom is -0.490 e. The number of para-hydroxylation sites is 1. The Hall–Kier alpha value is -3.62. The molecule has 3 aromatic carbocycles. The Bertz CT molecular complexity index is 1330. The number of halogens is 2. The maximum Gasteiger partial charge on any atom is 0.252 e. The zero-order valence-electron chi connectivity index (χ0n) is 21.2. The first-order chi connectivity index (χ1) is 18.3. The summed E-state index contributed by atoms with van der Waals surface area (Å²) >= 11 is 9.66. The van der Waals surface area contributed by atoms with Crippen molar-refractivity contribution in [3.8, 4) is 11.5 Å². The highest BCUT2D eigenvalue weighted by atomic mass is 79.9. The number of allylic oxidation sites excluding steroid dienone is 1. The maximum atomic E-state index is 12.5. The molecule has 0 aliphatic carbocycles. The number of carbonyl (C=O) groups is 2. The van der Waals surface area contributed by atoms with Crippen LogP contribution in [-0.2, 0) is 22.6 Å². The number of hydrazone groups is 1. The molecule has 0 saturated heterocycles. The highest BCUT2D eigenvalue weighted by molar-refractivity contribution is 9.10. The Morgan fingerprint density at radius 2 is 1.82 bits per heavy atom. The summed E-state index contributed by atoms with van der Waals surface area (Å²) in [4.78, 5) is 25.0. The van der Waals surface area contributed by atoms with E-state index in [1.165, 1.54) is 13.1 Å². The molecule has 0 fully saturated rings. The predicted octanol–water partition coefficient (Wildman–Crippen LogP) is 6.53. The van der Waals surface area contributed by atoms with Gasteiger partial charge in [-0.2, -0.15) is 5.10 Å². The minimum absolute atomic E-state index is 0.271. The predicted molar refractivity (Wildman–Crippen MR) is 155 cm³/mol. The van der Waals surface area contributed by atoms with E-state index in [4.69, 9.17) is 21.1 Å². The van der Waals surface area contributed by atoms with Crippen molar-refractivity contribution >= 4 is 51.2 Å². The summed E-state index contributed by atoms with van der Waals surface area (Å²) in [5.74, 6) is -0.827. The van der Waals surface area contributed by atoms with Gasteiger partial charge in [0.05, 0.1) is 18.5 Å². The van der Waals surface area contributed by atoms with Gasteiger partial charge in [-0.25, -0.2) is 5.43 Å². The average molecular weight is 599 g/mol. The van der Waals surface area contributed by atoms with Crippen molar-refractivity contribution in [2.75, 3.05) is 11.9 Å². The van der Waals surface area contributed by atoms with Crippen molar-refractivity contribution in [2.45, 2.75) is 26.9 Å². The van der Waals surface area contributed by atoms with Gasteiger partial charge in [0, 0.05) is 20.6 Å². The van der Waals surface area contributed by atoms with E-state index in [1.807, 2.05) is 43.3 Å². The van der Waals surface area contributed by atoms with Crippen molar-refractivity contribution < 1.29 is 19.1 Å². The second kappa shape index (κ2) is 14.4. The van der Waals surface area contributed by atoms with Crippen LogP contribution in [0.4, 0.5) is 5.69 Å². The number of nitrogens with one attached hydrogen (secondary N) is 2. The number of nitrogens with zero attached hydrogens (tertiary/aromatic N) is 1. The molecule has 0 radical (unpaired) electrons. The molecule has 0 bridgehead atoms. The lowest BCUT2D eigenvalue weighted by molar-refractivity contribution is -0.131. The van der Waals surface area contributed by atoms with E-state index in [0.717, 1.165) is 15.6 Å². The molecule has 2 amide bonds. The molecule has 198 valence electrons. The van der Waals surface area contributed by atoms with Gasteiger partial charge < -0.3 is 14.8 Å². The first-order valence-electron chi connectivity index (χ1n) is 12.0. The van der Waals surface area contributed by atoms with Crippen LogP contribution in [-0.4, -0.2) is 24.6 Å². The van der Waals surface area contributed by atoms with Gasteiger partial charge in [-0.15, -0.1) is 6.58 Å². The monoisotopic (exact) mass is 597 g/mol. The Kier molecular flexibility index (Phi) is 10.9. The quantitative estimate of drug-likeness (QED) is 0.107. The van der Waals surface area contributed by atoms with Gasteiger partial charge >= 0.3 is 0 Å². The standard InChI is InChI=1S/C29H29BrClN3O4/c1-4-10-21-15-20(16-26(37-5-2)27(21)38-18-22-11-6-8-13-24(22)31)17-32-34-29(36)19(3)28(35)33-25-14-9-7-12-23(25)30/h4,6-9,11-17,19H,1,5,10,18H2,2-3H3,(H,33,35)(H,34,36). The normalized spacial score (nSPS) is 11.6. The number of rotatable bonds is 12. The molecule has 1 unspecified atom stereocenters. The third-order valence-electron chi connectivity index (χ3n) is 5.45. The molecule has 38 heavy (non-hydrogen) atoms. The van der Waals surface area contributed by atoms with Crippen LogP contribution in [0, 0.1) is 5.92 Å². The lowest BCUT2D eigenvalue weighted by Crippen LogP contribution is -2.34. The molecule has 0 spiro atoms. The number of ether oxygens (including phenoxy) is 2. The molecular weight excluding hydrogens is 570 g/mol. The minimum atomic E-state index is -0.963. The van der Waals surface area contributed by atoms with Gasteiger partial charge in [0.25, 0.3) is 5.91 Å². The van der Waals surface area contributed by atoms with E-state index in [0.29, 0.717) is 40.8 Å². The number of anilines is 1. The van der Waals surface area contributed by atoms with Crippen molar-refractivity contribution in [1.82, 2.24) is 5.43 Å². The van der Waals surface area contributed by atoms with E-state index in [1.54, 1.807) is 30.3 Å². The van der Waals surface area contributed by atoms with Gasteiger partial charge in [-0.05, 0) is 72.1 Å². The van der Waals surface area contributed by atoms with E-state index in [-0.39, 0.29) is 6.61 Å². The summed E-state index contributed by atoms with van der Waals surface area (Å²) < 4.78 is 12.7. The summed E-state index contributed by atoms with van der Waals surface area (Å²) in [5.41, 5.74) is 5.39. The Labute approximate surface area is 236 Å². The van der Waals surface area contributed by atoms with E-state index in [9.17, 15) is 9.59 Å². The van der Waals surface area contributed by atoms with Crippen LogP contribution in [0.1, 0.15) is 30.5 Å². The van der Waals surface area contributed by atoms with Crippen molar-refractivity contribution in [1.29, 1.82) is 0 Å². The summed E-state index contributed by atoms with van der Waals surface area (Å²) in [6.45, 7) is 7.93. The molecule has 0 aliphatic rings. The smallest absolute Gasteiger partial charge is 0.252 e. The van der Waals surface area contributed by atoms with Gasteiger partial charge in [0.2, 0.25) is 5.91 Å². The molecule has 0 aromatic heterocycles. The topological polar surface area (TPSA) is 89.0 Å². The third-order valence-corrected chi connectivity index (χ3v) is 6.51. The SMILES string of the molecule is C=CCc1cc(C=NNC(=O)C(C)C(=O)Nc2ccccc2Br)cc(OCC)c1OCc1ccccc1Cl. The Morgan fingerprint density at radius 3 is 2.53 bits per heavy atom. The summed E-state index contributed by atoms with van der Waals surface area (Å²) in [5, 5.41) is 7.40. The molecular formula is C29H29BrClN3O4. The van der Waals surface area contributed by atoms with Crippen LogP contribution in [0.15, 0.2) is 82.9 Å². The lowest BCUT2D eigenvalue weighted by Gasteiger charge is -2.17. The van der Waals surface area contributed by atoms with Crippen molar-refractivity contribution in [3.63, 3.8) is 0 Å². The molecule has 3 aromatic rings. The zero-order chi connectivity index (χ0) is 27.5. The fourth-order valence-corrected chi connectivity index (χ4v) is 4.02. The highest BCUT2D eigenvalue weighted by Gasteiger charge is 2.22. The second-order valence-corrected chi connectivity index (χ2v) is 9.50. The van der Waals surface area contributed by atoms with E-state index in [2.05, 4.69) is 38.4 Å². The largest absolute Gasteiger partial charge is 0.490 e. The van der Waals surface area contributed by atoms with Crippen LogP contribution >= 0.6 is 27.5 Å². The Balaban J connectivity index is 1.72. The molecule has 0 heterocycles. The zero-order valence-corrected chi connectivity index (χ0v) is 23.5. The molecule has 0 aliphatic heterocycles. The molecule has 2 N–H and O–H groups in total. The number of hydrogen-bond donors (Lipinski definition) is 2. The fraction of sp³-hybridized carbons (Fsp3) is 0.207. The highest BCUT2D eigenvalue weighted by Crippen LogP contribution is 2.34. The van der Waals surface area contributed by atoms with Crippen LogP contribution in [0.25, 0.3) is 0 Å². The van der Waals surface area contributed by atoms with Crippen LogP contribution in [0.2, 0.25) is 5.02 Å². The van der Waals surface area contributed by atoms with E-state index < -0.39 is 17.7 Å². The molecule has 3 rings (SSSR count). The number of carbonyl (C=O) groups excluding carboxylic acids is 2. The van der Waals surface area contributed by atoms with Crippen LogP contribution in [0.3, 0.4) is 0 Å². The lowest BCUT2D eigenvalue weighted by atomic mass is 10.1. The molecule has 0 saturated carbocycles. The van der Waals surface area contributed by atoms with Gasteiger partial charge in [-0.1, -0.05) is 48.0 Å². The van der Waals surface area contributed by atoms with Crippen LogP contribution in [0.5, 0.6) is 11.5 Å². The number of amides is 2. The molecule has 1 atom stereocenters. The van der Waals surface area contributed by atoms with Crippen LogP contribution < -0.4 is 20.2 Å². The maximum absolute atomic E-state index is 12.5.